The van der Waals surface area contributed by atoms with E-state index in [0.717, 1.165) is 44.1 Å². The number of hydrogen-bond donors (Lipinski definition) is 7. The lowest BCUT2D eigenvalue weighted by Gasteiger charge is -2.37. The number of piperidine rings is 1. The number of fused-ring (bicyclic) bond motifs is 2. The monoisotopic (exact) mass is 809 g/mol. The Bertz CT molecular complexity index is 2270. The van der Waals surface area contributed by atoms with E-state index < -0.39 is 72.0 Å². The number of hydrogen-bond acceptors (Lipinski definition) is 6. The first-order valence-corrected chi connectivity index (χ1v) is 20.0. The molecular formula is C43H48ClN7O7. The minimum absolute atomic E-state index is 0.0556. The molecule has 0 saturated carbocycles. The lowest BCUT2D eigenvalue weighted by Crippen LogP contribution is -2.61. The molecule has 6 rings (SSSR count). The van der Waals surface area contributed by atoms with Crippen LogP contribution in [0, 0.1) is 6.92 Å². The van der Waals surface area contributed by atoms with Gasteiger partial charge >= 0.3 is 5.97 Å². The molecule has 0 radical (unpaired) electrons. The number of aliphatic carboxylic acids is 1. The molecule has 15 heteroatoms. The molecule has 4 unspecified atom stereocenters. The molecule has 304 valence electrons. The second-order valence-corrected chi connectivity index (χ2v) is 14.9. The van der Waals surface area contributed by atoms with Crippen molar-refractivity contribution in [3.05, 3.63) is 107 Å². The Morgan fingerprint density at radius 3 is 1.98 bits per heavy atom. The van der Waals surface area contributed by atoms with Gasteiger partial charge in [0.2, 0.25) is 29.5 Å². The summed E-state index contributed by atoms with van der Waals surface area (Å²) in [7, 11) is 0. The van der Waals surface area contributed by atoms with Crippen LogP contribution in [0.3, 0.4) is 0 Å². The number of alkyl halides is 1. The van der Waals surface area contributed by atoms with Crippen molar-refractivity contribution in [1.82, 2.24) is 36.1 Å². The number of H-pyrrole nitrogens is 2. The van der Waals surface area contributed by atoms with Crippen LogP contribution in [0.5, 0.6) is 0 Å². The molecule has 5 aromatic rings. The Labute approximate surface area is 340 Å². The zero-order valence-electron chi connectivity index (χ0n) is 32.2. The summed E-state index contributed by atoms with van der Waals surface area (Å²) in [6.07, 6.45) is 4.68. The van der Waals surface area contributed by atoms with Crippen LogP contribution >= 0.6 is 11.6 Å². The molecule has 2 aromatic heterocycles. The van der Waals surface area contributed by atoms with E-state index in [0.29, 0.717) is 12.8 Å². The Morgan fingerprint density at radius 2 is 1.38 bits per heavy atom. The number of carboxylic acid groups (broad SMARTS) is 1. The molecule has 1 aliphatic heterocycles. The van der Waals surface area contributed by atoms with Crippen LogP contribution in [0.1, 0.15) is 54.4 Å². The highest BCUT2D eigenvalue weighted by atomic mass is 35.5. The summed E-state index contributed by atoms with van der Waals surface area (Å²) in [5, 5.41) is 22.4. The van der Waals surface area contributed by atoms with Gasteiger partial charge in [0, 0.05) is 66.6 Å². The smallest absolute Gasteiger partial charge is 0.303 e. The largest absolute Gasteiger partial charge is 0.481 e. The molecule has 7 N–H and O–H groups in total. The first kappa shape index (κ1) is 41.5. The number of carboxylic acids is 1. The van der Waals surface area contributed by atoms with Crippen molar-refractivity contribution < 1.29 is 33.9 Å². The molecule has 58 heavy (non-hydrogen) atoms. The van der Waals surface area contributed by atoms with Gasteiger partial charge in [-0.1, -0.05) is 66.2 Å². The van der Waals surface area contributed by atoms with Crippen LogP contribution in [0.15, 0.2) is 85.2 Å². The maximum Gasteiger partial charge on any atom is 0.303 e. The maximum atomic E-state index is 14.5. The van der Waals surface area contributed by atoms with Gasteiger partial charge in [0.15, 0.2) is 0 Å². The van der Waals surface area contributed by atoms with E-state index in [-0.39, 0.29) is 38.8 Å². The predicted octanol–water partition coefficient (Wildman–Crippen LogP) is 4.00. The average Bonchev–Trinajstić information content (AvgIpc) is 3.84. The van der Waals surface area contributed by atoms with Crippen LogP contribution in [0.4, 0.5) is 0 Å². The highest BCUT2D eigenvalue weighted by Crippen LogP contribution is 2.23. The van der Waals surface area contributed by atoms with E-state index in [1.165, 1.54) is 4.90 Å². The van der Waals surface area contributed by atoms with Gasteiger partial charge in [0.05, 0.1) is 0 Å². The van der Waals surface area contributed by atoms with Gasteiger partial charge < -0.3 is 41.2 Å². The Morgan fingerprint density at radius 1 is 0.776 bits per heavy atom. The quantitative estimate of drug-likeness (QED) is 0.0688. The van der Waals surface area contributed by atoms with Crippen molar-refractivity contribution in [2.24, 2.45) is 0 Å². The molecule has 0 bridgehead atoms. The van der Waals surface area contributed by atoms with Crippen molar-refractivity contribution in [2.45, 2.75) is 82.6 Å². The number of benzene rings is 3. The molecule has 3 aromatic carbocycles. The molecule has 0 aliphatic carbocycles. The number of para-hydroxylation sites is 2. The zero-order valence-corrected chi connectivity index (χ0v) is 32.9. The average molecular weight is 810 g/mol. The van der Waals surface area contributed by atoms with Crippen molar-refractivity contribution in [2.75, 3.05) is 12.4 Å². The second-order valence-electron chi connectivity index (χ2n) is 14.7. The normalized spacial score (nSPS) is 15.6. The minimum atomic E-state index is -1.22. The Hall–Kier alpha value is -6.15. The minimum Gasteiger partial charge on any atom is -0.481 e. The van der Waals surface area contributed by atoms with E-state index in [9.17, 15) is 33.9 Å². The highest BCUT2D eigenvalue weighted by Gasteiger charge is 2.38. The number of carbonyl (C=O) groups is 6. The van der Waals surface area contributed by atoms with E-state index in [2.05, 4.69) is 31.2 Å². The van der Waals surface area contributed by atoms with Gasteiger partial charge in [-0.3, -0.25) is 28.8 Å². The number of aromatic amines is 2. The predicted molar refractivity (Wildman–Crippen MR) is 220 cm³/mol. The fourth-order valence-corrected chi connectivity index (χ4v) is 7.52. The molecule has 14 nitrogen and oxygen atoms in total. The van der Waals surface area contributed by atoms with Gasteiger partial charge in [-0.2, -0.15) is 0 Å². The number of rotatable bonds is 17. The van der Waals surface area contributed by atoms with E-state index in [4.69, 9.17) is 11.6 Å². The third kappa shape index (κ3) is 10.4. The molecule has 3 heterocycles. The van der Waals surface area contributed by atoms with Gasteiger partial charge in [-0.05, 0) is 61.4 Å². The summed E-state index contributed by atoms with van der Waals surface area (Å²) in [6.45, 7) is 2.40. The molecular weight excluding hydrogens is 762 g/mol. The fraction of sp³-hybridized carbons (Fsp3) is 0.349. The van der Waals surface area contributed by atoms with Gasteiger partial charge in [-0.25, -0.2) is 0 Å². The van der Waals surface area contributed by atoms with Crippen molar-refractivity contribution in [3.8, 4) is 0 Å². The van der Waals surface area contributed by atoms with Crippen molar-refractivity contribution in [3.63, 3.8) is 0 Å². The molecule has 1 fully saturated rings. The van der Waals surface area contributed by atoms with Crippen LogP contribution in [0.2, 0.25) is 0 Å². The molecule has 4 atom stereocenters. The number of aryl methyl sites for hydroxylation is 1. The highest BCUT2D eigenvalue weighted by molar-refractivity contribution is 6.27. The number of amides is 5. The number of nitrogens with one attached hydrogen (secondary N) is 6. The molecule has 1 saturated heterocycles. The summed E-state index contributed by atoms with van der Waals surface area (Å²) in [5.41, 5.74) is 5.26. The van der Waals surface area contributed by atoms with Crippen molar-refractivity contribution in [1.29, 1.82) is 0 Å². The second kappa shape index (κ2) is 19.3. The summed E-state index contributed by atoms with van der Waals surface area (Å²) >= 11 is 5.70. The molecule has 1 aliphatic rings. The maximum absolute atomic E-state index is 14.5. The summed E-state index contributed by atoms with van der Waals surface area (Å²) in [4.78, 5) is 88.2. The number of likely N-dealkylation sites (tertiary alicyclic amines) is 1. The standard InChI is InChI=1S/C43H48ClN7O7/c1-26-13-15-27(16-14-26)23-47-40(55)35(20-28-24-45-32-10-4-2-8-30(28)32)49-41(56)36(21-29-25-46-33-11-5-3-9-31(29)33)50-42(57)37-12-6-7-19-51(37)43(58)34(17-18-39(53)54)48-38(52)22-44/h2-5,8-11,13-16,24-25,34-37,45-46H,6-7,12,17-23H2,1H3,(H,47,55)(H,48,52)(H,49,56)(H,50,57)(H,53,54). The third-order valence-corrected chi connectivity index (χ3v) is 10.8. The SMILES string of the molecule is Cc1ccc(CNC(=O)C(Cc2c[nH]c3ccccc23)NC(=O)C(Cc2c[nH]c3ccccc23)NC(=O)C2CCCCN2C(=O)C(CCC(=O)O)NC(=O)CCl)cc1. The van der Waals surface area contributed by atoms with Gasteiger partial charge in [0.25, 0.3) is 0 Å². The lowest BCUT2D eigenvalue weighted by molar-refractivity contribution is -0.146. The van der Waals surface area contributed by atoms with Crippen molar-refractivity contribution >= 4 is 68.9 Å². The van der Waals surface area contributed by atoms with Gasteiger partial charge in [0.1, 0.15) is 30.0 Å². The number of halogens is 1. The van der Waals surface area contributed by atoms with Gasteiger partial charge in [-0.15, -0.1) is 11.6 Å². The first-order chi connectivity index (χ1) is 28.0. The topological polar surface area (TPSA) is 206 Å². The zero-order chi connectivity index (χ0) is 41.2. The van der Waals surface area contributed by atoms with Crippen LogP contribution in [-0.4, -0.2) is 92.1 Å². The summed E-state index contributed by atoms with van der Waals surface area (Å²) in [6, 6.07) is 18.5. The number of aromatic nitrogens is 2. The number of nitrogens with zero attached hydrogens (tertiary/aromatic N) is 1. The summed E-state index contributed by atoms with van der Waals surface area (Å²) < 4.78 is 0. The third-order valence-electron chi connectivity index (χ3n) is 10.5. The molecule has 5 amide bonds. The van der Waals surface area contributed by atoms with Crippen LogP contribution < -0.4 is 21.3 Å². The Kier molecular flexibility index (Phi) is 13.8. The first-order valence-electron chi connectivity index (χ1n) is 19.4. The lowest BCUT2D eigenvalue weighted by atomic mass is 9.97. The number of carbonyl (C=O) groups excluding carboxylic acids is 5. The molecule has 0 spiro atoms. The van der Waals surface area contributed by atoms with E-state index in [1.807, 2.05) is 85.9 Å². The fourth-order valence-electron chi connectivity index (χ4n) is 7.44. The van der Waals surface area contributed by atoms with E-state index >= 15 is 0 Å². The summed E-state index contributed by atoms with van der Waals surface area (Å²) in [5.74, 6) is -4.45. The van der Waals surface area contributed by atoms with E-state index in [1.54, 1.807) is 6.20 Å². The van der Waals surface area contributed by atoms with Crippen LogP contribution in [-0.2, 0) is 48.2 Å². The Balaban J connectivity index is 1.27. The van der Waals surface area contributed by atoms with Crippen LogP contribution in [0.25, 0.3) is 21.8 Å².